The van der Waals surface area contributed by atoms with Crippen molar-refractivity contribution in [2.45, 2.75) is 77.8 Å². The van der Waals surface area contributed by atoms with Crippen LogP contribution in [0.3, 0.4) is 0 Å². The van der Waals surface area contributed by atoms with Crippen molar-refractivity contribution >= 4 is 25.2 Å². The SMILES string of the molecule is CC1(C)OB(c2ccccc2-c2ccc(-c3ccccc3B3OC(C)(C)C(C)(C)O3)cc2)OC1(C)C. The van der Waals surface area contributed by atoms with Gasteiger partial charge in [-0.2, -0.15) is 0 Å². The highest BCUT2D eigenvalue weighted by molar-refractivity contribution is 6.64. The number of hydrogen-bond acceptors (Lipinski definition) is 4. The first kappa shape index (κ1) is 25.3. The average Bonchev–Trinajstić information content (AvgIpc) is 3.18. The standard InChI is InChI=1S/C30H36B2O4/c1-27(2)28(3,4)34-31(33-27)25-15-11-9-13-23(25)21-17-19-22(20-18-21)24-14-10-12-16-26(24)32-35-29(5,6)30(7,8)36-32/h9-20H,1-8H3. The molecule has 0 amide bonds. The van der Waals surface area contributed by atoms with Gasteiger partial charge in [-0.15, -0.1) is 0 Å². The monoisotopic (exact) mass is 482 g/mol. The van der Waals surface area contributed by atoms with Gasteiger partial charge in [-0.05, 0) is 88.6 Å². The molecule has 2 saturated heterocycles. The maximum absolute atomic E-state index is 6.36. The molecular formula is C30H36B2O4. The molecule has 2 fully saturated rings. The van der Waals surface area contributed by atoms with Gasteiger partial charge in [-0.3, -0.25) is 0 Å². The van der Waals surface area contributed by atoms with Gasteiger partial charge in [0.1, 0.15) is 0 Å². The highest BCUT2D eigenvalue weighted by atomic mass is 16.7. The van der Waals surface area contributed by atoms with Gasteiger partial charge in [0.25, 0.3) is 0 Å². The maximum Gasteiger partial charge on any atom is 0.495 e. The predicted octanol–water partition coefficient (Wildman–Crippen LogP) is 5.62. The van der Waals surface area contributed by atoms with Crippen LogP contribution in [0.25, 0.3) is 22.3 Å². The summed E-state index contributed by atoms with van der Waals surface area (Å²) in [5, 5.41) is 0. The van der Waals surface area contributed by atoms with Gasteiger partial charge in [-0.1, -0.05) is 72.8 Å². The molecule has 2 heterocycles. The Labute approximate surface area is 216 Å². The molecular weight excluding hydrogens is 446 g/mol. The number of rotatable bonds is 4. The molecule has 36 heavy (non-hydrogen) atoms. The lowest BCUT2D eigenvalue weighted by molar-refractivity contribution is 0.00578. The van der Waals surface area contributed by atoms with E-state index in [1.807, 2.05) is 12.1 Å². The summed E-state index contributed by atoms with van der Waals surface area (Å²) >= 11 is 0. The summed E-state index contributed by atoms with van der Waals surface area (Å²) in [6.45, 7) is 16.7. The van der Waals surface area contributed by atoms with Gasteiger partial charge in [-0.25, -0.2) is 0 Å². The highest BCUT2D eigenvalue weighted by Gasteiger charge is 2.53. The second-order valence-corrected chi connectivity index (χ2v) is 11.9. The molecule has 0 saturated carbocycles. The Balaban J connectivity index is 1.46. The van der Waals surface area contributed by atoms with Crippen LogP contribution in [0.15, 0.2) is 72.8 Å². The second kappa shape index (κ2) is 8.59. The van der Waals surface area contributed by atoms with E-state index in [1.54, 1.807) is 0 Å². The Morgan fingerprint density at radius 3 is 1.00 bits per heavy atom. The van der Waals surface area contributed by atoms with Crippen LogP contribution in [-0.4, -0.2) is 36.6 Å². The van der Waals surface area contributed by atoms with Crippen molar-refractivity contribution in [2.75, 3.05) is 0 Å². The third-order valence-electron chi connectivity index (χ3n) is 8.44. The smallest absolute Gasteiger partial charge is 0.399 e. The summed E-state index contributed by atoms with van der Waals surface area (Å²) in [7, 11) is -0.815. The first-order chi connectivity index (χ1) is 16.8. The summed E-state index contributed by atoms with van der Waals surface area (Å²) in [5.41, 5.74) is 5.02. The zero-order valence-corrected chi connectivity index (χ0v) is 22.7. The molecule has 186 valence electrons. The van der Waals surface area contributed by atoms with Crippen LogP contribution >= 0.6 is 0 Å². The molecule has 2 aliphatic rings. The molecule has 0 spiro atoms. The van der Waals surface area contributed by atoms with Gasteiger partial charge < -0.3 is 18.6 Å². The summed E-state index contributed by atoms with van der Waals surface area (Å²) in [5.74, 6) is 0. The third-order valence-corrected chi connectivity index (χ3v) is 8.44. The van der Waals surface area contributed by atoms with Gasteiger partial charge in [0.2, 0.25) is 0 Å². The fraction of sp³-hybridized carbons (Fsp3) is 0.400. The zero-order valence-electron chi connectivity index (χ0n) is 22.7. The molecule has 6 heteroatoms. The Hall–Kier alpha value is -2.37. The molecule has 3 aromatic rings. The van der Waals surface area contributed by atoms with Gasteiger partial charge >= 0.3 is 14.2 Å². The van der Waals surface area contributed by atoms with Crippen molar-refractivity contribution in [1.82, 2.24) is 0 Å². The van der Waals surface area contributed by atoms with E-state index in [1.165, 1.54) is 0 Å². The largest absolute Gasteiger partial charge is 0.495 e. The average molecular weight is 482 g/mol. The normalized spacial score (nSPS) is 21.7. The first-order valence-electron chi connectivity index (χ1n) is 12.8. The van der Waals surface area contributed by atoms with Crippen molar-refractivity contribution in [3.8, 4) is 22.3 Å². The topological polar surface area (TPSA) is 36.9 Å². The molecule has 3 aromatic carbocycles. The summed E-state index contributed by atoms with van der Waals surface area (Å²) in [6.07, 6.45) is 0. The van der Waals surface area contributed by atoms with E-state index in [-0.39, 0.29) is 22.4 Å². The zero-order chi connectivity index (χ0) is 25.9. The number of hydrogen-bond donors (Lipinski definition) is 0. The van der Waals surface area contributed by atoms with Gasteiger partial charge in [0.05, 0.1) is 22.4 Å². The Morgan fingerprint density at radius 2 is 0.694 bits per heavy atom. The van der Waals surface area contributed by atoms with E-state index in [0.717, 1.165) is 33.2 Å². The molecule has 0 aromatic heterocycles. The van der Waals surface area contributed by atoms with Crippen molar-refractivity contribution in [3.05, 3.63) is 72.8 Å². The minimum absolute atomic E-state index is 0.383. The van der Waals surface area contributed by atoms with Crippen LogP contribution in [0, 0.1) is 0 Å². The molecule has 0 bridgehead atoms. The van der Waals surface area contributed by atoms with Crippen LogP contribution < -0.4 is 10.9 Å². The summed E-state index contributed by atoms with van der Waals surface area (Å²) in [6, 6.07) is 25.3. The van der Waals surface area contributed by atoms with E-state index in [0.29, 0.717) is 0 Å². The van der Waals surface area contributed by atoms with Crippen LogP contribution in [0.4, 0.5) is 0 Å². The van der Waals surface area contributed by atoms with Crippen molar-refractivity contribution in [3.63, 3.8) is 0 Å². The Bertz CT molecular complexity index is 1130. The molecule has 0 unspecified atom stereocenters. The van der Waals surface area contributed by atoms with Crippen LogP contribution in [0.2, 0.25) is 0 Å². The Morgan fingerprint density at radius 1 is 0.417 bits per heavy atom. The van der Waals surface area contributed by atoms with Crippen molar-refractivity contribution in [1.29, 1.82) is 0 Å². The molecule has 2 aliphatic heterocycles. The van der Waals surface area contributed by atoms with E-state index >= 15 is 0 Å². The van der Waals surface area contributed by atoms with Crippen molar-refractivity contribution < 1.29 is 18.6 Å². The molecule has 5 rings (SSSR count). The fourth-order valence-electron chi connectivity index (χ4n) is 4.70. The van der Waals surface area contributed by atoms with Crippen LogP contribution in [-0.2, 0) is 18.6 Å². The highest BCUT2D eigenvalue weighted by Crippen LogP contribution is 2.39. The minimum Gasteiger partial charge on any atom is -0.399 e. The lowest BCUT2D eigenvalue weighted by Crippen LogP contribution is -2.41. The molecule has 0 atom stereocenters. The maximum atomic E-state index is 6.36. The lowest BCUT2D eigenvalue weighted by atomic mass is 9.73. The first-order valence-corrected chi connectivity index (χ1v) is 12.8. The van der Waals surface area contributed by atoms with Gasteiger partial charge in [0.15, 0.2) is 0 Å². The lowest BCUT2D eigenvalue weighted by Gasteiger charge is -2.32. The van der Waals surface area contributed by atoms with E-state index in [9.17, 15) is 0 Å². The van der Waals surface area contributed by atoms with Gasteiger partial charge in [0, 0.05) is 0 Å². The molecule has 0 radical (unpaired) electrons. The second-order valence-electron chi connectivity index (χ2n) is 11.9. The molecule has 0 aliphatic carbocycles. The molecule has 4 nitrogen and oxygen atoms in total. The van der Waals surface area contributed by atoms with Crippen LogP contribution in [0.5, 0.6) is 0 Å². The third kappa shape index (κ3) is 4.24. The quantitative estimate of drug-likeness (QED) is 0.453. The van der Waals surface area contributed by atoms with Crippen LogP contribution in [0.1, 0.15) is 55.4 Å². The summed E-state index contributed by atoms with van der Waals surface area (Å²) < 4.78 is 25.4. The van der Waals surface area contributed by atoms with E-state index in [4.69, 9.17) is 18.6 Å². The van der Waals surface area contributed by atoms with E-state index in [2.05, 4.69) is 116 Å². The molecule has 0 N–H and O–H groups in total. The minimum atomic E-state index is -0.407. The number of benzene rings is 3. The summed E-state index contributed by atoms with van der Waals surface area (Å²) in [4.78, 5) is 0. The van der Waals surface area contributed by atoms with E-state index < -0.39 is 14.2 Å². The van der Waals surface area contributed by atoms with Crippen molar-refractivity contribution in [2.24, 2.45) is 0 Å². The fourth-order valence-corrected chi connectivity index (χ4v) is 4.70. The predicted molar refractivity (Wildman–Crippen MR) is 149 cm³/mol. The Kier molecular flexibility index (Phi) is 6.04.